The first-order valence-corrected chi connectivity index (χ1v) is 7.32. The number of hydrogen-bond acceptors (Lipinski definition) is 3. The van der Waals surface area contributed by atoms with Crippen LogP contribution in [0.1, 0.15) is 30.4 Å². The Bertz CT molecular complexity index is 462. The maximum Gasteiger partial charge on any atom is 0.303 e. The minimum absolute atomic E-state index is 0.247. The Kier molecular flexibility index (Phi) is 5.22. The Labute approximate surface area is 121 Å². The highest BCUT2D eigenvalue weighted by molar-refractivity contribution is 9.10. The van der Waals surface area contributed by atoms with Crippen LogP contribution in [0.15, 0.2) is 16.6 Å². The zero-order valence-electron chi connectivity index (χ0n) is 10.7. The molecule has 0 aromatic heterocycles. The van der Waals surface area contributed by atoms with Gasteiger partial charge < -0.3 is 15.2 Å². The first-order valence-electron chi connectivity index (χ1n) is 6.53. The van der Waals surface area contributed by atoms with Crippen molar-refractivity contribution in [1.82, 2.24) is 5.32 Å². The van der Waals surface area contributed by atoms with Crippen molar-refractivity contribution in [3.8, 4) is 5.75 Å². The first kappa shape index (κ1) is 14.3. The third-order valence-electron chi connectivity index (χ3n) is 3.13. The fourth-order valence-electron chi connectivity index (χ4n) is 2.23. The molecule has 0 aliphatic carbocycles. The zero-order valence-corrected chi connectivity index (χ0v) is 12.3. The van der Waals surface area contributed by atoms with Gasteiger partial charge in [0.25, 0.3) is 0 Å². The number of benzene rings is 1. The van der Waals surface area contributed by atoms with Crippen LogP contribution in [0.4, 0.5) is 0 Å². The molecule has 0 amide bonds. The van der Waals surface area contributed by atoms with Gasteiger partial charge in [0.05, 0.1) is 6.61 Å². The minimum Gasteiger partial charge on any atom is -0.493 e. The van der Waals surface area contributed by atoms with E-state index in [1.807, 2.05) is 0 Å². The van der Waals surface area contributed by atoms with Crippen LogP contribution in [-0.4, -0.2) is 24.2 Å². The lowest BCUT2D eigenvalue weighted by atomic mass is 10.1. The number of carboxylic acids is 1. The largest absolute Gasteiger partial charge is 0.493 e. The van der Waals surface area contributed by atoms with E-state index in [-0.39, 0.29) is 6.42 Å². The van der Waals surface area contributed by atoms with Crippen LogP contribution in [0.5, 0.6) is 5.75 Å². The molecule has 1 heterocycles. The molecule has 0 saturated heterocycles. The van der Waals surface area contributed by atoms with Crippen molar-refractivity contribution < 1.29 is 14.6 Å². The number of fused-ring (bicyclic) bond motifs is 1. The van der Waals surface area contributed by atoms with E-state index in [4.69, 9.17) is 9.84 Å². The highest BCUT2D eigenvalue weighted by atomic mass is 79.9. The monoisotopic (exact) mass is 327 g/mol. The minimum atomic E-state index is -0.724. The summed E-state index contributed by atoms with van der Waals surface area (Å²) in [5.74, 6) is 0.291. The van der Waals surface area contributed by atoms with Crippen molar-refractivity contribution >= 4 is 21.9 Å². The topological polar surface area (TPSA) is 58.6 Å². The highest BCUT2D eigenvalue weighted by Gasteiger charge is 2.16. The van der Waals surface area contributed by atoms with Crippen LogP contribution in [0.25, 0.3) is 0 Å². The van der Waals surface area contributed by atoms with Gasteiger partial charge in [0.2, 0.25) is 0 Å². The molecule has 104 valence electrons. The molecule has 0 saturated carbocycles. The second kappa shape index (κ2) is 6.91. The fraction of sp³-hybridized carbons (Fsp3) is 0.500. The van der Waals surface area contributed by atoms with Gasteiger partial charge in [-0.2, -0.15) is 0 Å². The maximum atomic E-state index is 10.4. The Morgan fingerprint density at radius 3 is 3.05 bits per heavy atom. The Hall–Kier alpha value is -1.07. The molecule has 2 rings (SSSR count). The summed E-state index contributed by atoms with van der Waals surface area (Å²) in [7, 11) is 0. The van der Waals surface area contributed by atoms with E-state index in [1.54, 1.807) is 0 Å². The molecule has 0 spiro atoms. The highest BCUT2D eigenvalue weighted by Crippen LogP contribution is 2.32. The van der Waals surface area contributed by atoms with Crippen molar-refractivity contribution in [3.63, 3.8) is 0 Å². The molecule has 2 N–H and O–H groups in total. The summed E-state index contributed by atoms with van der Waals surface area (Å²) in [4.78, 5) is 10.4. The van der Waals surface area contributed by atoms with Gasteiger partial charge in [-0.25, -0.2) is 0 Å². The molecule has 0 fully saturated rings. The van der Waals surface area contributed by atoms with Crippen molar-refractivity contribution in [1.29, 1.82) is 0 Å². The summed E-state index contributed by atoms with van der Waals surface area (Å²) >= 11 is 3.52. The van der Waals surface area contributed by atoms with E-state index in [2.05, 4.69) is 33.4 Å². The Balaban J connectivity index is 1.79. The standard InChI is InChI=1S/C14H18BrNO3/c15-12-7-10-4-6-19-14(10)11(8-12)9-16-5-2-1-3-13(17)18/h7-8,16H,1-6,9H2,(H,17,18). The number of rotatable bonds is 7. The van der Waals surface area contributed by atoms with Crippen molar-refractivity contribution in [3.05, 3.63) is 27.7 Å². The second-order valence-electron chi connectivity index (χ2n) is 4.68. The molecule has 4 nitrogen and oxygen atoms in total. The van der Waals surface area contributed by atoms with E-state index in [1.165, 1.54) is 11.1 Å². The molecule has 1 aliphatic rings. The van der Waals surface area contributed by atoms with Gasteiger partial charge >= 0.3 is 5.97 Å². The summed E-state index contributed by atoms with van der Waals surface area (Å²) < 4.78 is 6.74. The van der Waals surface area contributed by atoms with E-state index in [0.717, 1.165) is 49.2 Å². The Morgan fingerprint density at radius 1 is 1.42 bits per heavy atom. The maximum absolute atomic E-state index is 10.4. The molecular formula is C14H18BrNO3. The molecular weight excluding hydrogens is 310 g/mol. The lowest BCUT2D eigenvalue weighted by Gasteiger charge is -2.10. The molecule has 0 atom stereocenters. The zero-order chi connectivity index (χ0) is 13.7. The number of unbranched alkanes of at least 4 members (excludes halogenated alkanes) is 1. The van der Waals surface area contributed by atoms with Crippen LogP contribution >= 0.6 is 15.9 Å². The molecule has 1 aliphatic heterocycles. The van der Waals surface area contributed by atoms with Crippen LogP contribution in [0, 0.1) is 0 Å². The van der Waals surface area contributed by atoms with E-state index >= 15 is 0 Å². The second-order valence-corrected chi connectivity index (χ2v) is 5.59. The molecule has 5 heteroatoms. The average molecular weight is 328 g/mol. The summed E-state index contributed by atoms with van der Waals surface area (Å²) in [5.41, 5.74) is 2.43. The van der Waals surface area contributed by atoms with Crippen LogP contribution < -0.4 is 10.1 Å². The molecule has 0 bridgehead atoms. The van der Waals surface area contributed by atoms with Gasteiger partial charge in [-0.3, -0.25) is 4.79 Å². The van der Waals surface area contributed by atoms with Crippen molar-refractivity contribution in [2.75, 3.05) is 13.2 Å². The van der Waals surface area contributed by atoms with Crippen LogP contribution in [-0.2, 0) is 17.8 Å². The smallest absolute Gasteiger partial charge is 0.303 e. The van der Waals surface area contributed by atoms with Gasteiger partial charge in [0.1, 0.15) is 5.75 Å². The van der Waals surface area contributed by atoms with Crippen molar-refractivity contribution in [2.24, 2.45) is 0 Å². The van der Waals surface area contributed by atoms with Gasteiger partial charge in [-0.15, -0.1) is 0 Å². The van der Waals surface area contributed by atoms with Crippen LogP contribution in [0.3, 0.4) is 0 Å². The normalized spacial score (nSPS) is 13.1. The molecule has 1 aromatic rings. The molecule has 0 radical (unpaired) electrons. The number of carbonyl (C=O) groups is 1. The lowest BCUT2D eigenvalue weighted by molar-refractivity contribution is -0.137. The first-order chi connectivity index (χ1) is 9.16. The van der Waals surface area contributed by atoms with Gasteiger partial charge in [0.15, 0.2) is 0 Å². The summed E-state index contributed by atoms with van der Waals surface area (Å²) in [6.45, 7) is 2.35. The number of ether oxygens (including phenoxy) is 1. The number of hydrogen-bond donors (Lipinski definition) is 2. The molecule has 1 aromatic carbocycles. The van der Waals surface area contributed by atoms with Gasteiger partial charge in [-0.05, 0) is 37.1 Å². The predicted octanol–water partition coefficient (Wildman–Crippen LogP) is 2.73. The van der Waals surface area contributed by atoms with Gasteiger partial charge in [-0.1, -0.05) is 15.9 Å². The van der Waals surface area contributed by atoms with Crippen molar-refractivity contribution in [2.45, 2.75) is 32.2 Å². The molecule has 0 unspecified atom stereocenters. The quantitative estimate of drug-likeness (QED) is 0.756. The number of nitrogens with one attached hydrogen (secondary N) is 1. The summed E-state index contributed by atoms with van der Waals surface area (Å²) in [5, 5.41) is 11.9. The molecule has 19 heavy (non-hydrogen) atoms. The third-order valence-corrected chi connectivity index (χ3v) is 3.59. The summed E-state index contributed by atoms with van der Waals surface area (Å²) in [6, 6.07) is 4.19. The SMILES string of the molecule is O=C(O)CCCCNCc1cc(Br)cc2c1OCC2. The third kappa shape index (κ3) is 4.21. The van der Waals surface area contributed by atoms with E-state index in [9.17, 15) is 4.79 Å². The van der Waals surface area contributed by atoms with Gasteiger partial charge in [0, 0.05) is 29.4 Å². The van der Waals surface area contributed by atoms with Crippen LogP contribution in [0.2, 0.25) is 0 Å². The average Bonchev–Trinajstić information content (AvgIpc) is 2.80. The lowest BCUT2D eigenvalue weighted by Crippen LogP contribution is -2.15. The Morgan fingerprint density at radius 2 is 2.26 bits per heavy atom. The number of carboxylic acid groups (broad SMARTS) is 1. The number of aliphatic carboxylic acids is 1. The predicted molar refractivity (Wildman–Crippen MR) is 76.5 cm³/mol. The van der Waals surface area contributed by atoms with E-state index < -0.39 is 5.97 Å². The summed E-state index contributed by atoms with van der Waals surface area (Å²) in [6.07, 6.45) is 2.82. The fourth-order valence-corrected chi connectivity index (χ4v) is 2.78. The van der Waals surface area contributed by atoms with E-state index in [0.29, 0.717) is 0 Å². The number of halogens is 1.